The number of carboxylic acids is 1. The lowest BCUT2D eigenvalue weighted by atomic mass is 9.81. The van der Waals surface area contributed by atoms with Crippen molar-refractivity contribution in [3.8, 4) is 0 Å². The molecule has 5 nitrogen and oxygen atoms in total. The molecule has 0 aliphatic heterocycles. The molecule has 2 rings (SSSR count). The highest BCUT2D eigenvalue weighted by atomic mass is 35.5. The number of hydrogen-bond acceptors (Lipinski definition) is 3. The Bertz CT molecular complexity index is 514. The molecule has 1 fully saturated rings. The number of nitrogens with zero attached hydrogens (tertiary/aromatic N) is 1. The van der Waals surface area contributed by atoms with E-state index in [1.54, 1.807) is 12.1 Å². The standard InChI is InChI=1S/C13H16ClNO4S/c14-10-4-6-11(7-5-10)15(20(18)19)13(12(16)17)8-2-1-3-9-13/h4-7H,1-3,8-9H2,(H,16,17)(H,18,19)/p-1. The van der Waals surface area contributed by atoms with Crippen molar-refractivity contribution in [2.75, 3.05) is 4.31 Å². The Morgan fingerprint density at radius 3 is 2.25 bits per heavy atom. The number of hydrogen-bond donors (Lipinski definition) is 1. The molecule has 0 spiro atoms. The van der Waals surface area contributed by atoms with Gasteiger partial charge >= 0.3 is 5.97 Å². The summed E-state index contributed by atoms with van der Waals surface area (Å²) in [5, 5.41) is 10.1. The smallest absolute Gasteiger partial charge is 0.330 e. The molecule has 0 saturated heterocycles. The summed E-state index contributed by atoms with van der Waals surface area (Å²) >= 11 is 3.13. The van der Waals surface area contributed by atoms with Gasteiger partial charge in [-0.25, -0.2) is 4.79 Å². The van der Waals surface area contributed by atoms with E-state index in [2.05, 4.69) is 0 Å². The highest BCUT2D eigenvalue weighted by Gasteiger charge is 2.46. The molecule has 0 bridgehead atoms. The van der Waals surface area contributed by atoms with Crippen molar-refractivity contribution in [2.24, 2.45) is 0 Å². The van der Waals surface area contributed by atoms with Crippen LogP contribution in [0.4, 0.5) is 5.69 Å². The summed E-state index contributed by atoms with van der Waals surface area (Å²) in [7, 11) is 0. The molecule has 1 aliphatic rings. The Morgan fingerprint density at radius 1 is 1.25 bits per heavy atom. The van der Waals surface area contributed by atoms with Gasteiger partial charge < -0.3 is 9.66 Å². The lowest BCUT2D eigenvalue weighted by Crippen LogP contribution is -2.56. The lowest BCUT2D eigenvalue weighted by Gasteiger charge is -2.44. The maximum absolute atomic E-state index is 11.7. The third-order valence-electron chi connectivity index (χ3n) is 3.68. The number of benzene rings is 1. The van der Waals surface area contributed by atoms with Crippen molar-refractivity contribution in [3.05, 3.63) is 29.3 Å². The van der Waals surface area contributed by atoms with Gasteiger partial charge in [0.25, 0.3) is 0 Å². The van der Waals surface area contributed by atoms with Gasteiger partial charge in [0.1, 0.15) is 5.54 Å². The highest BCUT2D eigenvalue weighted by molar-refractivity contribution is 7.80. The second kappa shape index (κ2) is 6.11. The molecule has 1 atom stereocenters. The molecule has 1 unspecified atom stereocenters. The lowest BCUT2D eigenvalue weighted by molar-refractivity contribution is -0.144. The Hall–Kier alpha value is -1.11. The molecule has 0 heterocycles. The van der Waals surface area contributed by atoms with Crippen molar-refractivity contribution in [1.82, 2.24) is 0 Å². The van der Waals surface area contributed by atoms with Gasteiger partial charge in [-0.1, -0.05) is 30.9 Å². The van der Waals surface area contributed by atoms with Crippen LogP contribution in [0.1, 0.15) is 32.1 Å². The fraction of sp³-hybridized carbons (Fsp3) is 0.462. The molecule has 1 aromatic rings. The summed E-state index contributed by atoms with van der Waals surface area (Å²) in [4.78, 5) is 11.7. The van der Waals surface area contributed by atoms with E-state index in [4.69, 9.17) is 11.6 Å². The molecule has 0 amide bonds. The quantitative estimate of drug-likeness (QED) is 0.866. The number of halogens is 1. The first kappa shape index (κ1) is 15.3. The van der Waals surface area contributed by atoms with E-state index in [0.29, 0.717) is 36.4 Å². The van der Waals surface area contributed by atoms with Gasteiger partial charge in [0.05, 0.1) is 0 Å². The molecule has 0 aromatic heterocycles. The summed E-state index contributed by atoms with van der Waals surface area (Å²) in [6.07, 6.45) is 2.97. The predicted octanol–water partition coefficient (Wildman–Crippen LogP) is 2.73. The van der Waals surface area contributed by atoms with Gasteiger partial charge in [0.2, 0.25) is 0 Å². The van der Waals surface area contributed by atoms with Gasteiger partial charge in [0.15, 0.2) is 0 Å². The van der Waals surface area contributed by atoms with Crippen LogP contribution in [0.3, 0.4) is 0 Å². The highest BCUT2D eigenvalue weighted by Crippen LogP contribution is 2.38. The second-order valence-corrected chi connectivity index (χ2v) is 6.12. The fourth-order valence-electron chi connectivity index (χ4n) is 2.69. The topological polar surface area (TPSA) is 80.7 Å². The molecular formula is C13H15ClNO4S-. The minimum atomic E-state index is -2.66. The van der Waals surface area contributed by atoms with Crippen LogP contribution in [0.25, 0.3) is 0 Å². The molecule has 1 N–H and O–H groups in total. The van der Waals surface area contributed by atoms with Gasteiger partial charge in [-0.05, 0) is 37.1 Å². The third-order valence-corrected chi connectivity index (χ3v) is 4.79. The largest absolute Gasteiger partial charge is 0.755 e. The van der Waals surface area contributed by atoms with Gasteiger partial charge in [-0.2, -0.15) is 0 Å². The van der Waals surface area contributed by atoms with Crippen LogP contribution in [0.15, 0.2) is 24.3 Å². The first-order chi connectivity index (χ1) is 9.47. The Morgan fingerprint density at radius 2 is 1.80 bits per heavy atom. The zero-order chi connectivity index (χ0) is 14.8. The van der Waals surface area contributed by atoms with Crippen LogP contribution in [0.5, 0.6) is 0 Å². The van der Waals surface area contributed by atoms with Crippen molar-refractivity contribution in [3.63, 3.8) is 0 Å². The Kier molecular flexibility index (Phi) is 4.67. The van der Waals surface area contributed by atoms with Crippen LogP contribution in [0.2, 0.25) is 5.02 Å². The Labute approximate surface area is 125 Å². The summed E-state index contributed by atoms with van der Waals surface area (Å²) in [6.45, 7) is 0. The van der Waals surface area contributed by atoms with Crippen molar-refractivity contribution >= 4 is 34.5 Å². The van der Waals surface area contributed by atoms with Crippen molar-refractivity contribution in [1.29, 1.82) is 0 Å². The maximum Gasteiger partial charge on any atom is 0.330 e. The van der Waals surface area contributed by atoms with E-state index < -0.39 is 22.8 Å². The minimum Gasteiger partial charge on any atom is -0.755 e. The number of anilines is 1. The zero-order valence-electron chi connectivity index (χ0n) is 10.8. The van der Waals surface area contributed by atoms with Gasteiger partial charge in [0, 0.05) is 22.0 Å². The normalized spacial score (nSPS) is 19.3. The number of aliphatic carboxylic acids is 1. The average molecular weight is 317 g/mol. The number of rotatable bonds is 4. The zero-order valence-corrected chi connectivity index (χ0v) is 12.3. The molecule has 0 radical (unpaired) electrons. The molecule has 20 heavy (non-hydrogen) atoms. The summed E-state index contributed by atoms with van der Waals surface area (Å²) < 4.78 is 24.2. The van der Waals surface area contributed by atoms with Crippen LogP contribution in [0, 0.1) is 0 Å². The van der Waals surface area contributed by atoms with E-state index in [1.807, 2.05) is 0 Å². The molecule has 1 saturated carbocycles. The Balaban J connectivity index is 2.47. The van der Waals surface area contributed by atoms with E-state index >= 15 is 0 Å². The van der Waals surface area contributed by atoms with Crippen LogP contribution in [-0.2, 0) is 16.1 Å². The van der Waals surface area contributed by atoms with E-state index in [-0.39, 0.29) is 0 Å². The van der Waals surface area contributed by atoms with Gasteiger partial charge in [-0.3, -0.25) is 8.51 Å². The van der Waals surface area contributed by atoms with E-state index in [1.165, 1.54) is 12.1 Å². The van der Waals surface area contributed by atoms with E-state index in [9.17, 15) is 18.7 Å². The molecule has 110 valence electrons. The minimum absolute atomic E-state index is 0.318. The molecule has 7 heteroatoms. The first-order valence-corrected chi connectivity index (χ1v) is 7.77. The maximum atomic E-state index is 11.7. The summed E-state index contributed by atoms with van der Waals surface area (Å²) in [6, 6.07) is 6.15. The first-order valence-electron chi connectivity index (χ1n) is 6.36. The molecule has 1 aromatic carbocycles. The summed E-state index contributed by atoms with van der Waals surface area (Å²) in [5.74, 6) is -1.10. The fourth-order valence-corrected chi connectivity index (χ4v) is 3.66. The van der Waals surface area contributed by atoms with Crippen molar-refractivity contribution in [2.45, 2.75) is 37.6 Å². The monoisotopic (exact) mass is 316 g/mol. The second-order valence-electron chi connectivity index (χ2n) is 4.89. The van der Waals surface area contributed by atoms with Crippen LogP contribution >= 0.6 is 11.6 Å². The average Bonchev–Trinajstić information content (AvgIpc) is 2.42. The molecule has 1 aliphatic carbocycles. The molecular weight excluding hydrogens is 302 g/mol. The SMILES string of the molecule is O=C(O)C1(N(c2ccc(Cl)cc2)S(=O)[O-])CCCCC1. The van der Waals surface area contributed by atoms with Crippen LogP contribution < -0.4 is 4.31 Å². The predicted molar refractivity (Wildman–Crippen MR) is 76.3 cm³/mol. The van der Waals surface area contributed by atoms with Crippen LogP contribution in [-0.4, -0.2) is 25.4 Å². The third kappa shape index (κ3) is 2.82. The number of carbonyl (C=O) groups is 1. The van der Waals surface area contributed by atoms with Gasteiger partial charge in [-0.15, -0.1) is 0 Å². The van der Waals surface area contributed by atoms with E-state index in [0.717, 1.165) is 10.7 Å². The summed E-state index contributed by atoms with van der Waals surface area (Å²) in [5.41, 5.74) is -1.06. The van der Waals surface area contributed by atoms with Crippen molar-refractivity contribution < 1.29 is 18.7 Å². The number of carboxylic acid groups (broad SMARTS) is 1.